The minimum Gasteiger partial charge on any atom is -0.399 e. The first-order valence-corrected chi connectivity index (χ1v) is 6.52. The summed E-state index contributed by atoms with van der Waals surface area (Å²) in [5, 5.41) is 10.3. The Bertz CT molecular complexity index is 419. The summed E-state index contributed by atoms with van der Waals surface area (Å²) in [5.41, 5.74) is 6.97. The third kappa shape index (κ3) is 2.83. The molecule has 3 N–H and O–H groups in total. The van der Waals surface area contributed by atoms with Crippen LogP contribution in [0.15, 0.2) is 12.1 Å². The molecule has 0 amide bonds. The number of halogens is 2. The van der Waals surface area contributed by atoms with Crippen LogP contribution in [-0.4, -0.2) is 37.0 Å². The van der Waals surface area contributed by atoms with Crippen LogP contribution >= 0.6 is 23.2 Å². The number of hydrogen-bond donors (Lipinski definition) is 2. The van der Waals surface area contributed by atoms with Gasteiger partial charge in [0.25, 0.3) is 0 Å². The smallest absolute Gasteiger partial charge is 0.0984 e. The van der Waals surface area contributed by atoms with Gasteiger partial charge in [-0.3, -0.25) is 0 Å². The zero-order chi connectivity index (χ0) is 13.3. The second-order valence-corrected chi connectivity index (χ2v) is 5.30. The molecule has 1 fully saturated rings. The lowest BCUT2D eigenvalue weighted by Gasteiger charge is -2.38. The number of aliphatic hydroxyl groups excluding tert-OH is 1. The van der Waals surface area contributed by atoms with Crippen molar-refractivity contribution in [1.29, 1.82) is 0 Å². The third-order valence-electron chi connectivity index (χ3n) is 2.89. The van der Waals surface area contributed by atoms with Crippen molar-refractivity contribution in [3.63, 3.8) is 0 Å². The lowest BCUT2D eigenvalue weighted by molar-refractivity contribution is -0.0420. The molecule has 0 spiro atoms. The Hall–Kier alpha value is -0.680. The van der Waals surface area contributed by atoms with Crippen molar-refractivity contribution in [3.05, 3.63) is 22.2 Å². The van der Waals surface area contributed by atoms with E-state index in [-0.39, 0.29) is 18.8 Å². The number of morpholine rings is 1. The minimum atomic E-state index is -0.224. The maximum absolute atomic E-state index is 9.22. The molecule has 1 heterocycles. The molecule has 0 bridgehead atoms. The van der Waals surface area contributed by atoms with Gasteiger partial charge in [-0.2, -0.15) is 0 Å². The molecule has 2 rings (SSSR count). The van der Waals surface area contributed by atoms with Crippen LogP contribution in [0, 0.1) is 0 Å². The first kappa shape index (κ1) is 13.7. The molecule has 0 aliphatic carbocycles. The number of aliphatic hydroxyl groups is 1. The van der Waals surface area contributed by atoms with Crippen LogP contribution in [0.5, 0.6) is 0 Å². The van der Waals surface area contributed by atoms with Crippen LogP contribution in [0.1, 0.15) is 6.92 Å². The molecule has 100 valence electrons. The Kier molecular flexibility index (Phi) is 4.22. The average molecular weight is 291 g/mol. The largest absolute Gasteiger partial charge is 0.399 e. The van der Waals surface area contributed by atoms with E-state index in [9.17, 15) is 5.11 Å². The number of nitrogen functional groups attached to an aromatic ring is 1. The molecule has 18 heavy (non-hydrogen) atoms. The fourth-order valence-corrected chi connectivity index (χ4v) is 2.96. The Balaban J connectivity index is 2.30. The lowest BCUT2D eigenvalue weighted by Crippen LogP contribution is -2.48. The maximum Gasteiger partial charge on any atom is 0.0984 e. The third-order valence-corrected chi connectivity index (χ3v) is 3.46. The summed E-state index contributed by atoms with van der Waals surface area (Å²) in [6, 6.07) is 3.35. The van der Waals surface area contributed by atoms with Gasteiger partial charge in [0.05, 0.1) is 34.5 Å². The van der Waals surface area contributed by atoms with E-state index < -0.39 is 0 Å². The molecule has 4 nitrogen and oxygen atoms in total. The number of benzene rings is 1. The van der Waals surface area contributed by atoms with Gasteiger partial charge in [0.2, 0.25) is 0 Å². The molecule has 2 atom stereocenters. The molecular weight excluding hydrogens is 275 g/mol. The van der Waals surface area contributed by atoms with Crippen LogP contribution in [0.4, 0.5) is 11.4 Å². The second kappa shape index (κ2) is 5.53. The lowest BCUT2D eigenvalue weighted by atomic mass is 10.2. The first-order valence-electron chi connectivity index (χ1n) is 5.77. The number of nitrogens with zero attached hydrogens (tertiary/aromatic N) is 1. The molecule has 2 unspecified atom stereocenters. The maximum atomic E-state index is 9.22. The summed E-state index contributed by atoms with van der Waals surface area (Å²) >= 11 is 12.4. The van der Waals surface area contributed by atoms with E-state index >= 15 is 0 Å². The number of anilines is 2. The number of hydrogen-bond acceptors (Lipinski definition) is 4. The highest BCUT2D eigenvalue weighted by atomic mass is 35.5. The molecule has 1 aliphatic rings. The molecular formula is C12H16Cl2N2O2. The summed E-state index contributed by atoms with van der Waals surface area (Å²) < 4.78 is 5.59. The van der Waals surface area contributed by atoms with E-state index in [0.29, 0.717) is 28.8 Å². The van der Waals surface area contributed by atoms with Gasteiger partial charge in [-0.05, 0) is 19.1 Å². The van der Waals surface area contributed by atoms with Crippen molar-refractivity contribution in [3.8, 4) is 0 Å². The molecule has 0 saturated carbocycles. The van der Waals surface area contributed by atoms with Crippen molar-refractivity contribution in [2.24, 2.45) is 0 Å². The average Bonchev–Trinajstić information content (AvgIpc) is 2.26. The van der Waals surface area contributed by atoms with Gasteiger partial charge in [0.15, 0.2) is 0 Å². The van der Waals surface area contributed by atoms with E-state index in [4.69, 9.17) is 33.7 Å². The second-order valence-electron chi connectivity index (χ2n) is 4.49. The zero-order valence-corrected chi connectivity index (χ0v) is 11.6. The van der Waals surface area contributed by atoms with E-state index in [1.165, 1.54) is 0 Å². The van der Waals surface area contributed by atoms with Gasteiger partial charge in [-0.15, -0.1) is 0 Å². The molecule has 6 heteroatoms. The van der Waals surface area contributed by atoms with Crippen LogP contribution < -0.4 is 10.6 Å². The van der Waals surface area contributed by atoms with E-state index in [0.717, 1.165) is 5.69 Å². The van der Waals surface area contributed by atoms with Crippen LogP contribution in [-0.2, 0) is 4.74 Å². The normalized spacial score (nSPS) is 24.3. The highest BCUT2D eigenvalue weighted by Crippen LogP contribution is 2.37. The highest BCUT2D eigenvalue weighted by Gasteiger charge is 2.27. The monoisotopic (exact) mass is 290 g/mol. The van der Waals surface area contributed by atoms with Crippen molar-refractivity contribution < 1.29 is 9.84 Å². The van der Waals surface area contributed by atoms with Gasteiger partial charge >= 0.3 is 0 Å². The Labute approximate surface area is 116 Å². The predicted octanol–water partition coefficient (Wildman–Crippen LogP) is 2.16. The minimum absolute atomic E-state index is 0.0144. The quantitative estimate of drug-likeness (QED) is 0.820. The molecule has 0 radical (unpaired) electrons. The van der Waals surface area contributed by atoms with Crippen LogP contribution in [0.2, 0.25) is 10.0 Å². The number of rotatable bonds is 2. The van der Waals surface area contributed by atoms with Crippen molar-refractivity contribution >= 4 is 34.6 Å². The predicted molar refractivity (Wildman–Crippen MR) is 74.5 cm³/mol. The fraction of sp³-hybridized carbons (Fsp3) is 0.500. The first-order chi connectivity index (χ1) is 8.51. The summed E-state index contributed by atoms with van der Waals surface area (Å²) in [6.45, 7) is 3.17. The van der Waals surface area contributed by atoms with Gasteiger partial charge in [-0.25, -0.2) is 0 Å². The Morgan fingerprint density at radius 3 is 2.56 bits per heavy atom. The number of nitrogens with two attached hydrogens (primary N) is 1. The molecule has 1 saturated heterocycles. The van der Waals surface area contributed by atoms with Gasteiger partial charge in [-0.1, -0.05) is 23.2 Å². The molecule has 1 aliphatic heterocycles. The zero-order valence-electron chi connectivity index (χ0n) is 10.1. The molecule has 0 aromatic heterocycles. The Morgan fingerprint density at radius 2 is 2.00 bits per heavy atom. The van der Waals surface area contributed by atoms with Gasteiger partial charge < -0.3 is 20.5 Å². The van der Waals surface area contributed by atoms with Crippen LogP contribution in [0.25, 0.3) is 0 Å². The molecule has 1 aromatic carbocycles. The fourth-order valence-electron chi connectivity index (χ4n) is 2.22. The van der Waals surface area contributed by atoms with Crippen LogP contribution in [0.3, 0.4) is 0 Å². The number of ether oxygens (including phenoxy) is 1. The summed E-state index contributed by atoms with van der Waals surface area (Å²) in [7, 11) is 0. The summed E-state index contributed by atoms with van der Waals surface area (Å²) in [4.78, 5) is 2.03. The van der Waals surface area contributed by atoms with Crippen molar-refractivity contribution in [2.45, 2.75) is 19.1 Å². The van der Waals surface area contributed by atoms with E-state index in [1.807, 2.05) is 11.8 Å². The SMILES string of the molecule is CC1CN(c2c(Cl)cc(N)cc2Cl)CC(CO)O1. The highest BCUT2D eigenvalue weighted by molar-refractivity contribution is 6.39. The standard InChI is InChI=1S/C12H16Cl2N2O2/c1-7-4-16(5-9(6-17)18-7)12-10(13)2-8(15)3-11(12)14/h2-3,7,9,17H,4-6,15H2,1H3. The van der Waals surface area contributed by atoms with E-state index in [1.54, 1.807) is 12.1 Å². The summed E-state index contributed by atoms with van der Waals surface area (Å²) in [5.74, 6) is 0. The van der Waals surface area contributed by atoms with Gasteiger partial charge in [0, 0.05) is 18.8 Å². The van der Waals surface area contributed by atoms with Crippen molar-refractivity contribution in [2.75, 3.05) is 30.3 Å². The summed E-state index contributed by atoms with van der Waals surface area (Å²) in [6.07, 6.45) is -0.209. The topological polar surface area (TPSA) is 58.7 Å². The Morgan fingerprint density at radius 1 is 1.39 bits per heavy atom. The van der Waals surface area contributed by atoms with Crippen molar-refractivity contribution in [1.82, 2.24) is 0 Å². The molecule has 1 aromatic rings. The van der Waals surface area contributed by atoms with E-state index in [2.05, 4.69) is 0 Å². The van der Waals surface area contributed by atoms with Gasteiger partial charge in [0.1, 0.15) is 0 Å².